The van der Waals surface area contributed by atoms with Crippen molar-refractivity contribution in [1.29, 1.82) is 0 Å². The summed E-state index contributed by atoms with van der Waals surface area (Å²) in [7, 11) is 1.57. The number of nitrogens with one attached hydrogen (secondary N) is 2. The van der Waals surface area contributed by atoms with E-state index in [0.717, 1.165) is 0 Å². The fourth-order valence-electron chi connectivity index (χ4n) is 2.40. The van der Waals surface area contributed by atoms with Crippen LogP contribution in [0.25, 0.3) is 11.3 Å². The molecule has 1 aromatic heterocycles. The maximum absolute atomic E-state index is 10.9. The maximum Gasteiger partial charge on any atom is 0.270 e. The van der Waals surface area contributed by atoms with E-state index in [9.17, 15) is 10.1 Å². The highest BCUT2D eigenvalue weighted by Gasteiger charge is 2.10. The number of hydrogen-bond acceptors (Lipinski definition) is 6. The zero-order valence-corrected chi connectivity index (χ0v) is 15.6. The average Bonchev–Trinajstić information content (AvgIpc) is 3.17. The lowest BCUT2D eigenvalue weighted by molar-refractivity contribution is -0.384. The van der Waals surface area contributed by atoms with Crippen molar-refractivity contribution in [3.63, 3.8) is 0 Å². The predicted molar refractivity (Wildman–Crippen MR) is 111 cm³/mol. The van der Waals surface area contributed by atoms with Gasteiger partial charge < -0.3 is 14.5 Å². The van der Waals surface area contributed by atoms with E-state index < -0.39 is 4.92 Å². The Bertz CT molecular complexity index is 1030. The van der Waals surface area contributed by atoms with Crippen molar-refractivity contribution in [2.75, 3.05) is 12.4 Å². The zero-order chi connectivity index (χ0) is 19.9. The monoisotopic (exact) mass is 396 g/mol. The Morgan fingerprint density at radius 2 is 2.04 bits per heavy atom. The van der Waals surface area contributed by atoms with Crippen LogP contribution in [0.1, 0.15) is 5.76 Å². The highest BCUT2D eigenvalue weighted by molar-refractivity contribution is 7.80. The molecule has 142 valence electrons. The van der Waals surface area contributed by atoms with Gasteiger partial charge in [0.15, 0.2) is 5.11 Å². The normalized spacial score (nSPS) is 10.6. The molecule has 0 aliphatic rings. The summed E-state index contributed by atoms with van der Waals surface area (Å²) >= 11 is 5.19. The van der Waals surface area contributed by atoms with Crippen LogP contribution in [-0.2, 0) is 0 Å². The molecule has 0 amide bonds. The molecule has 0 bridgehead atoms. The Hall–Kier alpha value is -3.72. The summed E-state index contributed by atoms with van der Waals surface area (Å²) in [6.07, 6.45) is 1.46. The van der Waals surface area contributed by atoms with Gasteiger partial charge >= 0.3 is 0 Å². The Labute approximate surface area is 166 Å². The number of non-ortho nitro benzene ring substituents is 1. The number of nitro groups is 1. The minimum absolute atomic E-state index is 0.00135. The SMILES string of the molecule is COc1ccccc1NC(=S)N/N=C\c1ccc(-c2cccc([N+](=O)[O-])c2)o1. The molecule has 3 aromatic rings. The number of furan rings is 1. The van der Waals surface area contributed by atoms with Gasteiger partial charge in [-0.05, 0) is 36.5 Å². The minimum Gasteiger partial charge on any atom is -0.495 e. The van der Waals surface area contributed by atoms with Crippen molar-refractivity contribution in [1.82, 2.24) is 5.43 Å². The molecule has 0 aliphatic carbocycles. The molecule has 0 aliphatic heterocycles. The number of nitrogens with zero attached hydrogens (tertiary/aromatic N) is 2. The third-order valence-corrected chi connectivity index (χ3v) is 3.87. The number of ether oxygens (including phenoxy) is 1. The van der Waals surface area contributed by atoms with Gasteiger partial charge in [0.25, 0.3) is 5.69 Å². The van der Waals surface area contributed by atoms with Gasteiger partial charge in [-0.15, -0.1) is 0 Å². The van der Waals surface area contributed by atoms with E-state index in [0.29, 0.717) is 28.5 Å². The highest BCUT2D eigenvalue weighted by Crippen LogP contribution is 2.25. The molecule has 2 aromatic carbocycles. The first-order valence-electron chi connectivity index (χ1n) is 8.14. The molecule has 1 heterocycles. The molecule has 0 saturated carbocycles. The number of benzene rings is 2. The van der Waals surface area contributed by atoms with Crippen LogP contribution < -0.4 is 15.5 Å². The minimum atomic E-state index is -0.450. The van der Waals surface area contributed by atoms with Crippen LogP contribution in [0.5, 0.6) is 5.75 Å². The van der Waals surface area contributed by atoms with E-state index in [4.69, 9.17) is 21.4 Å². The van der Waals surface area contributed by atoms with E-state index in [2.05, 4.69) is 15.8 Å². The highest BCUT2D eigenvalue weighted by atomic mass is 32.1. The average molecular weight is 396 g/mol. The van der Waals surface area contributed by atoms with E-state index >= 15 is 0 Å². The van der Waals surface area contributed by atoms with Gasteiger partial charge in [-0.3, -0.25) is 15.5 Å². The Morgan fingerprint density at radius 1 is 1.21 bits per heavy atom. The molecule has 0 unspecified atom stereocenters. The third kappa shape index (κ3) is 4.71. The summed E-state index contributed by atoms with van der Waals surface area (Å²) in [5.74, 6) is 1.62. The lowest BCUT2D eigenvalue weighted by Crippen LogP contribution is -2.24. The van der Waals surface area contributed by atoms with Crippen LogP contribution in [0.15, 0.2) is 70.2 Å². The van der Waals surface area contributed by atoms with Crippen LogP contribution in [0.4, 0.5) is 11.4 Å². The molecule has 9 heteroatoms. The predicted octanol–water partition coefficient (Wildman–Crippen LogP) is 4.18. The summed E-state index contributed by atoms with van der Waals surface area (Å²) < 4.78 is 10.9. The summed E-state index contributed by atoms with van der Waals surface area (Å²) in [6, 6.07) is 17.0. The Balaban J connectivity index is 1.62. The molecular formula is C19H16N4O4S. The fourth-order valence-corrected chi connectivity index (χ4v) is 2.57. The van der Waals surface area contributed by atoms with E-state index in [1.807, 2.05) is 24.3 Å². The van der Waals surface area contributed by atoms with Crippen LogP contribution in [-0.4, -0.2) is 23.4 Å². The number of hydrazone groups is 1. The number of methoxy groups -OCH3 is 1. The van der Waals surface area contributed by atoms with Crippen LogP contribution >= 0.6 is 12.2 Å². The fraction of sp³-hybridized carbons (Fsp3) is 0.0526. The third-order valence-electron chi connectivity index (χ3n) is 3.68. The molecule has 0 fully saturated rings. The van der Waals surface area contributed by atoms with Crippen molar-refractivity contribution < 1.29 is 14.1 Å². The number of rotatable bonds is 6. The maximum atomic E-state index is 10.9. The van der Waals surface area contributed by atoms with Crippen molar-refractivity contribution in [2.45, 2.75) is 0 Å². The molecule has 0 saturated heterocycles. The second-order valence-electron chi connectivity index (χ2n) is 5.53. The van der Waals surface area contributed by atoms with Crippen molar-refractivity contribution >= 4 is 34.9 Å². The Morgan fingerprint density at radius 3 is 2.82 bits per heavy atom. The molecule has 3 rings (SSSR count). The second kappa shape index (κ2) is 8.78. The second-order valence-corrected chi connectivity index (χ2v) is 5.94. The van der Waals surface area contributed by atoms with Gasteiger partial charge in [-0.2, -0.15) is 5.10 Å². The lowest BCUT2D eigenvalue weighted by atomic mass is 10.1. The number of nitro benzene ring substituents is 1. The quantitative estimate of drug-likeness (QED) is 0.279. The molecule has 0 atom stereocenters. The van der Waals surface area contributed by atoms with Gasteiger partial charge in [0.05, 0.1) is 23.9 Å². The first-order chi connectivity index (χ1) is 13.6. The van der Waals surface area contributed by atoms with Gasteiger partial charge in [-0.1, -0.05) is 24.3 Å². The lowest BCUT2D eigenvalue weighted by Gasteiger charge is -2.10. The first kappa shape index (κ1) is 19.1. The van der Waals surface area contributed by atoms with E-state index in [1.165, 1.54) is 18.3 Å². The summed E-state index contributed by atoms with van der Waals surface area (Å²) in [6.45, 7) is 0. The smallest absolute Gasteiger partial charge is 0.270 e. The number of thiocarbonyl (C=S) groups is 1. The summed E-state index contributed by atoms with van der Waals surface area (Å²) in [5, 5.41) is 18.2. The molecular weight excluding hydrogens is 380 g/mol. The molecule has 28 heavy (non-hydrogen) atoms. The van der Waals surface area contributed by atoms with Crippen LogP contribution in [0.2, 0.25) is 0 Å². The Kier molecular flexibility index (Phi) is 5.97. The number of hydrogen-bond donors (Lipinski definition) is 2. The van der Waals surface area contributed by atoms with E-state index in [1.54, 1.807) is 31.4 Å². The van der Waals surface area contributed by atoms with E-state index in [-0.39, 0.29) is 10.8 Å². The molecule has 8 nitrogen and oxygen atoms in total. The van der Waals surface area contributed by atoms with Gasteiger partial charge in [0.1, 0.15) is 17.3 Å². The molecule has 2 N–H and O–H groups in total. The standard InChI is InChI=1S/C19H16N4O4S/c1-26-18-8-3-2-7-16(18)21-19(28)22-20-12-15-9-10-17(27-15)13-5-4-6-14(11-13)23(24)25/h2-12H,1H3,(H2,21,22,28)/b20-12-. The topological polar surface area (TPSA) is 102 Å². The van der Waals surface area contributed by atoms with Gasteiger partial charge in [0.2, 0.25) is 0 Å². The van der Waals surface area contributed by atoms with Crippen molar-refractivity contribution in [3.05, 3.63) is 76.5 Å². The largest absolute Gasteiger partial charge is 0.495 e. The van der Waals surface area contributed by atoms with Crippen LogP contribution in [0.3, 0.4) is 0 Å². The van der Waals surface area contributed by atoms with Crippen LogP contribution in [0, 0.1) is 10.1 Å². The molecule has 0 radical (unpaired) electrons. The summed E-state index contributed by atoms with van der Waals surface area (Å²) in [5.41, 5.74) is 4.01. The number of anilines is 1. The summed E-state index contributed by atoms with van der Waals surface area (Å²) in [4.78, 5) is 10.4. The van der Waals surface area contributed by atoms with Crippen molar-refractivity contribution in [3.8, 4) is 17.1 Å². The first-order valence-corrected chi connectivity index (χ1v) is 8.55. The number of para-hydroxylation sites is 2. The zero-order valence-electron chi connectivity index (χ0n) is 14.8. The molecule has 0 spiro atoms. The van der Waals surface area contributed by atoms with Gasteiger partial charge in [-0.25, -0.2) is 0 Å². The van der Waals surface area contributed by atoms with Gasteiger partial charge in [0, 0.05) is 17.7 Å². The van der Waals surface area contributed by atoms with Crippen molar-refractivity contribution in [2.24, 2.45) is 5.10 Å².